The van der Waals surface area contributed by atoms with Crippen LogP contribution in [0.4, 0.5) is 0 Å². The van der Waals surface area contributed by atoms with Gasteiger partial charge in [-0.3, -0.25) is 9.59 Å². The number of hydrogen-bond donors (Lipinski definition) is 0. The summed E-state index contributed by atoms with van der Waals surface area (Å²) < 4.78 is 9.56. The van der Waals surface area contributed by atoms with Crippen LogP contribution in [0.3, 0.4) is 0 Å². The number of rotatable bonds is 5. The van der Waals surface area contributed by atoms with Crippen LogP contribution >= 0.6 is 0 Å². The second-order valence-electron chi connectivity index (χ2n) is 8.05. The first-order valence-corrected chi connectivity index (χ1v) is 8.28. The average Bonchev–Trinajstić information content (AvgIpc) is 2.93. The van der Waals surface area contributed by atoms with E-state index in [0.29, 0.717) is 17.8 Å². The fourth-order valence-corrected chi connectivity index (χ4v) is 5.37. The normalized spacial score (nSPS) is 36.6. The molecule has 2 aliphatic rings. The molecule has 0 aromatic rings. The maximum atomic E-state index is 11.9. The van der Waals surface area contributed by atoms with Gasteiger partial charge in [-0.1, -0.05) is 34.6 Å². The largest absolute Gasteiger partial charge is 0.468 e. The van der Waals surface area contributed by atoms with E-state index in [9.17, 15) is 9.59 Å². The van der Waals surface area contributed by atoms with Gasteiger partial charge < -0.3 is 9.47 Å². The van der Waals surface area contributed by atoms with Crippen LogP contribution in [0, 0.1) is 40.4 Å². The van der Waals surface area contributed by atoms with Crippen molar-refractivity contribution in [2.24, 2.45) is 40.4 Å². The maximum Gasteiger partial charge on any atom is 0.320 e. The van der Waals surface area contributed by atoms with Crippen LogP contribution in [0.5, 0.6) is 0 Å². The van der Waals surface area contributed by atoms with Crippen LogP contribution in [0.2, 0.25) is 0 Å². The van der Waals surface area contributed by atoms with Gasteiger partial charge in [-0.05, 0) is 47.3 Å². The fourth-order valence-electron chi connectivity index (χ4n) is 5.37. The Morgan fingerprint density at radius 1 is 1.14 bits per heavy atom. The Balaban J connectivity index is 2.10. The second-order valence-corrected chi connectivity index (χ2v) is 8.05. The van der Waals surface area contributed by atoms with Crippen molar-refractivity contribution in [3.05, 3.63) is 0 Å². The summed E-state index contributed by atoms with van der Waals surface area (Å²) in [6.45, 7) is 11.6. The molecule has 2 rings (SSSR count). The van der Waals surface area contributed by atoms with Gasteiger partial charge in [0.2, 0.25) is 0 Å². The molecule has 0 amide bonds. The zero-order chi connectivity index (χ0) is 16.9. The van der Waals surface area contributed by atoms with E-state index in [1.807, 2.05) is 0 Å². The van der Waals surface area contributed by atoms with Crippen LogP contribution in [-0.4, -0.2) is 26.2 Å². The third kappa shape index (κ3) is 2.26. The molecule has 0 bridgehead atoms. The lowest BCUT2D eigenvalue weighted by Crippen LogP contribution is -2.36. The molecule has 2 fully saturated rings. The molecule has 2 aliphatic carbocycles. The van der Waals surface area contributed by atoms with Crippen molar-refractivity contribution in [2.45, 2.75) is 47.5 Å². The van der Waals surface area contributed by atoms with Gasteiger partial charge >= 0.3 is 11.9 Å². The Kier molecular flexibility index (Phi) is 4.35. The van der Waals surface area contributed by atoms with Gasteiger partial charge in [0.15, 0.2) is 5.92 Å². The van der Waals surface area contributed by atoms with Crippen LogP contribution in [-0.2, 0) is 19.1 Å². The standard InChI is InChI=1S/C18H30O4/c1-10(8-12(15(19)21-6)16(20)22-7)13-9-14-11(2)18(14,5)17(13,3)4/h10-14H,8-9H2,1-7H3/t10-,11+,13?,14?,18?/m1/s1. The van der Waals surface area contributed by atoms with Gasteiger partial charge in [0, 0.05) is 0 Å². The van der Waals surface area contributed by atoms with E-state index in [1.165, 1.54) is 20.6 Å². The number of carbonyl (C=O) groups excluding carboxylic acids is 2. The smallest absolute Gasteiger partial charge is 0.320 e. The minimum atomic E-state index is -0.803. The van der Waals surface area contributed by atoms with E-state index in [4.69, 9.17) is 9.47 Å². The summed E-state index contributed by atoms with van der Waals surface area (Å²) in [5.74, 6) is 0.597. The first-order chi connectivity index (χ1) is 10.1. The number of esters is 2. The summed E-state index contributed by atoms with van der Waals surface area (Å²) in [5, 5.41) is 0. The predicted octanol–water partition coefficient (Wildman–Crippen LogP) is 3.29. The second kappa shape index (κ2) is 5.54. The molecule has 0 aromatic heterocycles. The molecule has 0 saturated heterocycles. The van der Waals surface area contributed by atoms with Crippen molar-refractivity contribution >= 4 is 11.9 Å². The lowest BCUT2D eigenvalue weighted by atomic mass is 9.64. The minimum absolute atomic E-state index is 0.229. The summed E-state index contributed by atoms with van der Waals surface area (Å²) in [7, 11) is 2.64. The highest BCUT2D eigenvalue weighted by molar-refractivity contribution is 5.94. The molecule has 4 heteroatoms. The van der Waals surface area contributed by atoms with E-state index in [1.54, 1.807) is 0 Å². The summed E-state index contributed by atoms with van der Waals surface area (Å²) in [5.41, 5.74) is 0.630. The number of fused-ring (bicyclic) bond motifs is 1. The zero-order valence-corrected chi connectivity index (χ0v) is 14.9. The van der Waals surface area contributed by atoms with Crippen molar-refractivity contribution in [1.29, 1.82) is 0 Å². The van der Waals surface area contributed by atoms with Crippen LogP contribution in [0.15, 0.2) is 0 Å². The van der Waals surface area contributed by atoms with E-state index < -0.39 is 17.9 Å². The molecular formula is C18H30O4. The Morgan fingerprint density at radius 3 is 2.00 bits per heavy atom. The van der Waals surface area contributed by atoms with Gasteiger partial charge in [0.05, 0.1) is 14.2 Å². The van der Waals surface area contributed by atoms with Gasteiger partial charge in [-0.2, -0.15) is 0 Å². The summed E-state index contributed by atoms with van der Waals surface area (Å²) in [6.07, 6.45) is 1.70. The Labute approximate surface area is 133 Å². The lowest BCUT2D eigenvalue weighted by molar-refractivity contribution is -0.160. The number of carbonyl (C=O) groups is 2. The highest BCUT2D eigenvalue weighted by Crippen LogP contribution is 2.78. The number of methoxy groups -OCH3 is 2. The minimum Gasteiger partial charge on any atom is -0.468 e. The number of ether oxygens (including phenoxy) is 2. The molecule has 0 radical (unpaired) electrons. The van der Waals surface area contributed by atoms with Gasteiger partial charge in [-0.15, -0.1) is 0 Å². The van der Waals surface area contributed by atoms with Crippen molar-refractivity contribution in [2.75, 3.05) is 14.2 Å². The first kappa shape index (κ1) is 17.3. The summed E-state index contributed by atoms with van der Waals surface area (Å²) in [4.78, 5) is 23.8. The Hall–Kier alpha value is -1.06. The topological polar surface area (TPSA) is 52.6 Å². The molecule has 0 heterocycles. The van der Waals surface area contributed by atoms with E-state index in [0.717, 1.165) is 11.8 Å². The lowest BCUT2D eigenvalue weighted by Gasteiger charge is -2.40. The molecule has 0 spiro atoms. The quantitative estimate of drug-likeness (QED) is 0.577. The van der Waals surface area contributed by atoms with Gasteiger partial charge in [-0.25, -0.2) is 0 Å². The third-order valence-electron chi connectivity index (χ3n) is 7.30. The van der Waals surface area contributed by atoms with Crippen LogP contribution < -0.4 is 0 Å². The van der Waals surface area contributed by atoms with Gasteiger partial charge in [0.1, 0.15) is 0 Å². The first-order valence-electron chi connectivity index (χ1n) is 8.28. The van der Waals surface area contributed by atoms with Crippen molar-refractivity contribution < 1.29 is 19.1 Å². The van der Waals surface area contributed by atoms with Crippen molar-refractivity contribution in [3.8, 4) is 0 Å². The highest BCUT2D eigenvalue weighted by Gasteiger charge is 2.72. The Bertz CT molecular complexity index is 454. The fraction of sp³-hybridized carbons (Fsp3) is 0.889. The van der Waals surface area contributed by atoms with Crippen LogP contribution in [0.1, 0.15) is 47.5 Å². The average molecular weight is 310 g/mol. The monoisotopic (exact) mass is 310 g/mol. The summed E-state index contributed by atoms with van der Waals surface area (Å²) >= 11 is 0. The molecule has 126 valence electrons. The highest BCUT2D eigenvalue weighted by atomic mass is 16.5. The Morgan fingerprint density at radius 2 is 1.64 bits per heavy atom. The van der Waals surface area contributed by atoms with Crippen LogP contribution in [0.25, 0.3) is 0 Å². The molecular weight excluding hydrogens is 280 g/mol. The van der Waals surface area contributed by atoms with E-state index in [-0.39, 0.29) is 11.3 Å². The number of hydrogen-bond acceptors (Lipinski definition) is 4. The van der Waals surface area contributed by atoms with Crippen molar-refractivity contribution in [1.82, 2.24) is 0 Å². The molecule has 5 atom stereocenters. The molecule has 22 heavy (non-hydrogen) atoms. The SMILES string of the molecule is COC(=O)C(C[C@@H](C)C1CC2[C@H](C)C2(C)C1(C)C)C(=O)OC. The van der Waals surface area contributed by atoms with E-state index >= 15 is 0 Å². The predicted molar refractivity (Wildman–Crippen MR) is 84.0 cm³/mol. The molecule has 0 aliphatic heterocycles. The molecule has 0 aromatic carbocycles. The maximum absolute atomic E-state index is 11.9. The molecule has 2 saturated carbocycles. The van der Waals surface area contributed by atoms with Gasteiger partial charge in [0.25, 0.3) is 0 Å². The summed E-state index contributed by atoms with van der Waals surface area (Å²) in [6, 6.07) is 0. The van der Waals surface area contributed by atoms with E-state index in [2.05, 4.69) is 34.6 Å². The third-order valence-corrected chi connectivity index (χ3v) is 7.30. The molecule has 4 nitrogen and oxygen atoms in total. The molecule has 0 N–H and O–H groups in total. The zero-order valence-electron chi connectivity index (χ0n) is 14.9. The molecule has 3 unspecified atom stereocenters. The van der Waals surface area contributed by atoms with Crippen molar-refractivity contribution in [3.63, 3.8) is 0 Å².